The summed E-state index contributed by atoms with van der Waals surface area (Å²) in [4.78, 5) is 0. The third-order valence-electron chi connectivity index (χ3n) is 2.48. The van der Waals surface area contributed by atoms with Crippen molar-refractivity contribution in [2.75, 3.05) is 18.1 Å². The second kappa shape index (κ2) is 6.63. The van der Waals surface area contributed by atoms with Crippen molar-refractivity contribution in [3.63, 3.8) is 0 Å². The second-order valence-electron chi connectivity index (χ2n) is 3.94. The fraction of sp³-hybridized carbons (Fsp3) is 1.00. The van der Waals surface area contributed by atoms with Crippen LogP contribution >= 0.6 is 11.8 Å². The van der Waals surface area contributed by atoms with Crippen molar-refractivity contribution in [2.24, 2.45) is 0 Å². The van der Waals surface area contributed by atoms with E-state index in [1.807, 2.05) is 11.8 Å². The molecule has 5 heteroatoms. The molecule has 0 bridgehead atoms. The van der Waals surface area contributed by atoms with Gasteiger partial charge in [0.25, 0.3) is 0 Å². The molecule has 1 fully saturated rings. The third-order valence-corrected chi connectivity index (χ3v) is 3.70. The Morgan fingerprint density at radius 1 is 1.27 bits per heavy atom. The Bertz CT molecular complexity index is 167. The average molecular weight is 241 g/mol. The number of alkyl halides is 3. The van der Waals surface area contributed by atoms with Gasteiger partial charge >= 0.3 is 6.18 Å². The summed E-state index contributed by atoms with van der Waals surface area (Å²) in [5.74, 6) is 2.34. The summed E-state index contributed by atoms with van der Waals surface area (Å²) in [5.41, 5.74) is 0. The Hall–Kier alpha value is 0.100. The zero-order chi connectivity index (χ0) is 11.1. The first kappa shape index (κ1) is 13.2. The van der Waals surface area contributed by atoms with Gasteiger partial charge in [-0.25, -0.2) is 0 Å². The predicted molar refractivity (Wildman–Crippen MR) is 58.3 cm³/mol. The van der Waals surface area contributed by atoms with Crippen molar-refractivity contribution >= 4 is 11.8 Å². The van der Waals surface area contributed by atoms with E-state index in [2.05, 4.69) is 5.32 Å². The van der Waals surface area contributed by atoms with Gasteiger partial charge in [0.05, 0.1) is 0 Å². The molecule has 1 unspecified atom stereocenters. The van der Waals surface area contributed by atoms with Crippen LogP contribution in [0.4, 0.5) is 13.2 Å². The van der Waals surface area contributed by atoms with E-state index < -0.39 is 12.6 Å². The number of halogens is 3. The molecule has 1 saturated heterocycles. The molecule has 0 aromatic heterocycles. The van der Waals surface area contributed by atoms with Crippen molar-refractivity contribution in [3.8, 4) is 0 Å². The lowest BCUT2D eigenvalue weighted by atomic mass is 10.1. The average Bonchev–Trinajstić information content (AvgIpc) is 2.17. The lowest BCUT2D eigenvalue weighted by molar-refractivity contribution is -0.135. The number of hydrogen-bond donors (Lipinski definition) is 1. The summed E-state index contributed by atoms with van der Waals surface area (Å²) in [6, 6.07) is 0.523. The maximum absolute atomic E-state index is 11.8. The quantitative estimate of drug-likeness (QED) is 0.742. The first-order valence-electron chi connectivity index (χ1n) is 5.46. The van der Waals surface area contributed by atoms with Gasteiger partial charge < -0.3 is 5.32 Å². The fourth-order valence-corrected chi connectivity index (χ4v) is 2.76. The topological polar surface area (TPSA) is 12.0 Å². The van der Waals surface area contributed by atoms with E-state index in [4.69, 9.17) is 0 Å². The van der Waals surface area contributed by atoms with Crippen molar-refractivity contribution in [1.82, 2.24) is 5.32 Å². The Morgan fingerprint density at radius 2 is 2.07 bits per heavy atom. The summed E-state index contributed by atoms with van der Waals surface area (Å²) < 4.78 is 35.4. The van der Waals surface area contributed by atoms with Crippen LogP contribution in [0, 0.1) is 0 Å². The highest BCUT2D eigenvalue weighted by Crippen LogP contribution is 2.22. The number of hydrogen-bond acceptors (Lipinski definition) is 2. The standard InChI is InChI=1S/C10H18F3NS/c11-10(12,13)5-1-2-6-14-9-4-3-7-15-8-9/h9,14H,1-8H2. The molecule has 0 amide bonds. The van der Waals surface area contributed by atoms with Crippen molar-refractivity contribution < 1.29 is 13.2 Å². The maximum Gasteiger partial charge on any atom is 0.389 e. The number of rotatable bonds is 5. The predicted octanol–water partition coefficient (Wildman–Crippen LogP) is 3.20. The lowest BCUT2D eigenvalue weighted by Crippen LogP contribution is -2.34. The van der Waals surface area contributed by atoms with Crippen LogP contribution in [-0.4, -0.2) is 30.3 Å². The molecule has 1 nitrogen and oxygen atoms in total. The molecule has 1 aliphatic heterocycles. The molecule has 1 atom stereocenters. The highest BCUT2D eigenvalue weighted by atomic mass is 32.2. The van der Waals surface area contributed by atoms with Gasteiger partial charge in [-0.3, -0.25) is 0 Å². The molecule has 0 saturated carbocycles. The molecule has 0 aromatic rings. The van der Waals surface area contributed by atoms with Crippen LogP contribution in [0.1, 0.15) is 32.1 Å². The minimum atomic E-state index is -3.99. The molecule has 0 aromatic carbocycles. The van der Waals surface area contributed by atoms with Gasteiger partial charge in [-0.1, -0.05) is 0 Å². The molecular formula is C10H18F3NS. The molecule has 90 valence electrons. The Kier molecular flexibility index (Phi) is 5.82. The van der Waals surface area contributed by atoms with Crippen LogP contribution in [0.3, 0.4) is 0 Å². The number of thioether (sulfide) groups is 1. The van der Waals surface area contributed by atoms with E-state index in [1.165, 1.54) is 18.6 Å². The van der Waals surface area contributed by atoms with Crippen LogP contribution in [0.5, 0.6) is 0 Å². The second-order valence-corrected chi connectivity index (χ2v) is 5.09. The van der Waals surface area contributed by atoms with Crippen molar-refractivity contribution in [3.05, 3.63) is 0 Å². The highest BCUT2D eigenvalue weighted by molar-refractivity contribution is 7.99. The summed E-state index contributed by atoms with van der Waals surface area (Å²) in [6.45, 7) is 0.724. The van der Waals surface area contributed by atoms with Crippen LogP contribution in [0.15, 0.2) is 0 Å². The first-order valence-corrected chi connectivity index (χ1v) is 6.61. The van der Waals surface area contributed by atoms with Crippen LogP contribution in [-0.2, 0) is 0 Å². The van der Waals surface area contributed by atoms with E-state index in [0.717, 1.165) is 12.3 Å². The first-order chi connectivity index (χ1) is 7.08. The van der Waals surface area contributed by atoms with Gasteiger partial charge in [-0.05, 0) is 38.0 Å². The molecule has 1 aliphatic rings. The smallest absolute Gasteiger partial charge is 0.313 e. The van der Waals surface area contributed by atoms with Crippen LogP contribution in [0.25, 0.3) is 0 Å². The van der Waals surface area contributed by atoms with Crippen LogP contribution < -0.4 is 5.32 Å². The van der Waals surface area contributed by atoms with E-state index in [0.29, 0.717) is 12.5 Å². The number of nitrogens with one attached hydrogen (secondary N) is 1. The van der Waals surface area contributed by atoms with Gasteiger partial charge in [-0.2, -0.15) is 24.9 Å². The molecule has 15 heavy (non-hydrogen) atoms. The zero-order valence-electron chi connectivity index (χ0n) is 8.78. The van der Waals surface area contributed by atoms with Gasteiger partial charge in [0.1, 0.15) is 0 Å². The summed E-state index contributed by atoms with van der Waals surface area (Å²) in [5, 5.41) is 3.32. The molecule has 1 heterocycles. The molecule has 1 rings (SSSR count). The lowest BCUT2D eigenvalue weighted by Gasteiger charge is -2.22. The SMILES string of the molecule is FC(F)(F)CCCCNC1CCCSC1. The summed E-state index contributed by atoms with van der Waals surface area (Å²) in [6.07, 6.45) is -1.36. The van der Waals surface area contributed by atoms with Gasteiger partial charge in [0.15, 0.2) is 0 Å². The molecule has 1 N–H and O–H groups in total. The minimum absolute atomic E-state index is 0.246. The van der Waals surface area contributed by atoms with Gasteiger partial charge in [0, 0.05) is 18.2 Å². The normalized spacial score (nSPS) is 23.0. The summed E-state index contributed by atoms with van der Waals surface area (Å²) in [7, 11) is 0. The minimum Gasteiger partial charge on any atom is -0.313 e. The number of unbranched alkanes of at least 4 members (excludes halogenated alkanes) is 1. The van der Waals surface area contributed by atoms with E-state index in [9.17, 15) is 13.2 Å². The zero-order valence-corrected chi connectivity index (χ0v) is 9.59. The van der Waals surface area contributed by atoms with E-state index in [1.54, 1.807) is 0 Å². The maximum atomic E-state index is 11.8. The van der Waals surface area contributed by atoms with Crippen molar-refractivity contribution in [2.45, 2.75) is 44.3 Å². The molecular weight excluding hydrogens is 223 g/mol. The monoisotopic (exact) mass is 241 g/mol. The molecule has 0 aliphatic carbocycles. The van der Waals surface area contributed by atoms with Gasteiger partial charge in [0.2, 0.25) is 0 Å². The molecule has 0 radical (unpaired) electrons. The van der Waals surface area contributed by atoms with Crippen LogP contribution in [0.2, 0.25) is 0 Å². The Morgan fingerprint density at radius 3 is 2.67 bits per heavy atom. The van der Waals surface area contributed by atoms with E-state index >= 15 is 0 Å². The Balaban J connectivity index is 1.92. The van der Waals surface area contributed by atoms with Crippen molar-refractivity contribution in [1.29, 1.82) is 0 Å². The van der Waals surface area contributed by atoms with Gasteiger partial charge in [-0.15, -0.1) is 0 Å². The highest BCUT2D eigenvalue weighted by Gasteiger charge is 2.25. The largest absolute Gasteiger partial charge is 0.389 e. The van der Waals surface area contributed by atoms with E-state index in [-0.39, 0.29) is 6.42 Å². The third kappa shape index (κ3) is 7.06. The fourth-order valence-electron chi connectivity index (χ4n) is 1.66. The molecule has 0 spiro atoms. The summed E-state index contributed by atoms with van der Waals surface area (Å²) >= 11 is 1.93. The Labute approximate surface area is 93.2 Å².